The highest BCUT2D eigenvalue weighted by molar-refractivity contribution is 5.56. The average Bonchev–Trinajstić information content (AvgIpc) is 2.87. The van der Waals surface area contributed by atoms with E-state index in [2.05, 4.69) is 26.1 Å². The molecule has 0 saturated heterocycles. The van der Waals surface area contributed by atoms with Crippen molar-refractivity contribution in [2.45, 2.75) is 0 Å². The maximum atomic E-state index is 9.53. The van der Waals surface area contributed by atoms with Gasteiger partial charge < -0.3 is 19.3 Å². The first-order valence-corrected chi connectivity index (χ1v) is 10.3. The average molecular weight is 449 g/mol. The Kier molecular flexibility index (Phi) is 5.94. The highest BCUT2D eigenvalue weighted by atomic mass is 16.5. The molecule has 0 aliphatic rings. The summed E-state index contributed by atoms with van der Waals surface area (Å²) in [5.74, 6) is 2.51. The van der Waals surface area contributed by atoms with Crippen LogP contribution in [0.5, 0.6) is 40.8 Å². The topological polar surface area (TPSA) is 99.5 Å². The van der Waals surface area contributed by atoms with Gasteiger partial charge >= 0.3 is 12.0 Å². The van der Waals surface area contributed by atoms with Gasteiger partial charge in [-0.15, -0.1) is 0 Å². The predicted octanol–water partition coefficient (Wildman–Crippen LogP) is 5.82. The quantitative estimate of drug-likeness (QED) is 0.332. The number of benzene rings is 3. The largest absolute Gasteiger partial charge is 0.508 e. The number of phenolic OH excluding ortho intramolecular Hbond substituents is 1. The molecule has 0 unspecified atom stereocenters. The first kappa shape index (κ1) is 20.9. The van der Waals surface area contributed by atoms with Gasteiger partial charge in [0.2, 0.25) is 0 Å². The van der Waals surface area contributed by atoms with Crippen LogP contribution in [0.2, 0.25) is 0 Å². The SMILES string of the molecule is Oc1cccc(Oc2n[c]c(-c3ccnc(Oc4ccc(Oc5ccccc5)cc4)n3)cn2)c1. The molecule has 2 heterocycles. The molecular weight excluding hydrogens is 432 g/mol. The molecule has 5 aromatic rings. The summed E-state index contributed by atoms with van der Waals surface area (Å²) in [6, 6.07) is 25.0. The molecule has 0 fully saturated rings. The van der Waals surface area contributed by atoms with Crippen LogP contribution in [0, 0.1) is 6.20 Å². The number of phenols is 1. The smallest absolute Gasteiger partial charge is 0.322 e. The lowest BCUT2D eigenvalue weighted by Gasteiger charge is -2.08. The number of rotatable bonds is 7. The minimum atomic E-state index is 0.0879. The van der Waals surface area contributed by atoms with Crippen LogP contribution >= 0.6 is 0 Å². The zero-order chi connectivity index (χ0) is 23.2. The Morgan fingerprint density at radius 2 is 1.35 bits per heavy atom. The van der Waals surface area contributed by atoms with E-state index in [9.17, 15) is 5.11 Å². The van der Waals surface area contributed by atoms with Crippen molar-refractivity contribution in [3.05, 3.63) is 104 Å². The molecule has 0 spiro atoms. The highest BCUT2D eigenvalue weighted by Gasteiger charge is 2.08. The van der Waals surface area contributed by atoms with Crippen molar-refractivity contribution in [2.24, 2.45) is 0 Å². The van der Waals surface area contributed by atoms with Gasteiger partial charge in [0.15, 0.2) is 0 Å². The van der Waals surface area contributed by atoms with Crippen LogP contribution in [0.1, 0.15) is 0 Å². The summed E-state index contributed by atoms with van der Waals surface area (Å²) in [7, 11) is 0. The lowest BCUT2D eigenvalue weighted by molar-refractivity contribution is 0.431. The first-order valence-electron chi connectivity index (χ1n) is 10.3. The second-order valence-corrected chi connectivity index (χ2v) is 6.99. The summed E-state index contributed by atoms with van der Waals surface area (Å²) >= 11 is 0. The van der Waals surface area contributed by atoms with Gasteiger partial charge in [0.05, 0.1) is 5.69 Å². The van der Waals surface area contributed by atoms with Gasteiger partial charge in [-0.3, -0.25) is 0 Å². The lowest BCUT2D eigenvalue weighted by Crippen LogP contribution is -1.96. The highest BCUT2D eigenvalue weighted by Crippen LogP contribution is 2.27. The molecular formula is C26H17N4O4. The molecule has 5 rings (SSSR count). The van der Waals surface area contributed by atoms with Crippen LogP contribution in [-0.2, 0) is 0 Å². The Bertz CT molecular complexity index is 1380. The molecule has 1 radical (unpaired) electrons. The van der Waals surface area contributed by atoms with E-state index in [4.69, 9.17) is 14.2 Å². The second kappa shape index (κ2) is 9.66. The molecule has 8 heteroatoms. The molecule has 0 amide bonds. The Balaban J connectivity index is 1.25. The fourth-order valence-electron chi connectivity index (χ4n) is 2.96. The molecule has 34 heavy (non-hydrogen) atoms. The van der Waals surface area contributed by atoms with Crippen molar-refractivity contribution in [3.63, 3.8) is 0 Å². The number of hydrogen-bond acceptors (Lipinski definition) is 8. The van der Waals surface area contributed by atoms with Gasteiger partial charge in [0.1, 0.15) is 34.9 Å². The molecule has 1 N–H and O–H groups in total. The summed E-state index contributed by atoms with van der Waals surface area (Å²) < 4.78 is 17.1. The van der Waals surface area contributed by atoms with Gasteiger partial charge in [-0.2, -0.15) is 9.97 Å². The van der Waals surface area contributed by atoms with E-state index in [1.807, 2.05) is 30.3 Å². The van der Waals surface area contributed by atoms with E-state index in [0.717, 1.165) is 5.75 Å². The van der Waals surface area contributed by atoms with E-state index >= 15 is 0 Å². The van der Waals surface area contributed by atoms with Crippen molar-refractivity contribution in [1.29, 1.82) is 0 Å². The van der Waals surface area contributed by atoms with Crippen molar-refractivity contribution in [3.8, 4) is 52.0 Å². The van der Waals surface area contributed by atoms with Crippen LogP contribution in [-0.4, -0.2) is 25.0 Å². The number of aromatic hydroxyl groups is 1. The maximum Gasteiger partial charge on any atom is 0.322 e. The molecule has 3 aromatic carbocycles. The third kappa shape index (κ3) is 5.25. The Labute approximate surface area is 195 Å². The van der Waals surface area contributed by atoms with Gasteiger partial charge in [-0.1, -0.05) is 24.3 Å². The Hall–Kier alpha value is -4.98. The summed E-state index contributed by atoms with van der Waals surface area (Å²) in [6.45, 7) is 0. The van der Waals surface area contributed by atoms with E-state index in [1.165, 1.54) is 12.3 Å². The van der Waals surface area contributed by atoms with E-state index in [0.29, 0.717) is 28.5 Å². The number of ether oxygens (including phenoxy) is 3. The molecule has 165 valence electrons. The normalized spacial score (nSPS) is 10.5. The van der Waals surface area contributed by atoms with E-state index in [-0.39, 0.29) is 17.8 Å². The van der Waals surface area contributed by atoms with Gasteiger partial charge in [-0.05, 0) is 54.6 Å². The predicted molar refractivity (Wildman–Crippen MR) is 123 cm³/mol. The van der Waals surface area contributed by atoms with Crippen LogP contribution < -0.4 is 14.2 Å². The second-order valence-electron chi connectivity index (χ2n) is 6.99. The minimum absolute atomic E-state index is 0.0879. The summed E-state index contributed by atoms with van der Waals surface area (Å²) in [5, 5.41) is 9.53. The van der Waals surface area contributed by atoms with E-state index in [1.54, 1.807) is 54.7 Å². The third-order valence-corrected chi connectivity index (χ3v) is 4.52. The minimum Gasteiger partial charge on any atom is -0.508 e. The van der Waals surface area contributed by atoms with Crippen LogP contribution in [0.15, 0.2) is 97.3 Å². The standard InChI is InChI=1S/C26H17N4O4/c31-19-5-4-8-23(15-19)34-25-28-16-18(17-29-25)24-13-14-27-26(30-24)33-22-11-9-21(10-12-22)32-20-6-2-1-3-7-20/h1-16,31H. The number of aromatic nitrogens is 4. The Morgan fingerprint density at radius 3 is 2.09 bits per heavy atom. The van der Waals surface area contributed by atoms with Crippen LogP contribution in [0.3, 0.4) is 0 Å². The van der Waals surface area contributed by atoms with Crippen molar-refractivity contribution in [1.82, 2.24) is 19.9 Å². The molecule has 0 atom stereocenters. The zero-order valence-electron chi connectivity index (χ0n) is 17.7. The van der Waals surface area contributed by atoms with Crippen molar-refractivity contribution < 1.29 is 19.3 Å². The van der Waals surface area contributed by atoms with Gasteiger partial charge in [0, 0.05) is 24.0 Å². The van der Waals surface area contributed by atoms with Gasteiger partial charge in [-0.25, -0.2) is 9.97 Å². The number of para-hydroxylation sites is 1. The monoisotopic (exact) mass is 449 g/mol. The fraction of sp³-hybridized carbons (Fsp3) is 0. The molecule has 2 aromatic heterocycles. The number of hydrogen-bond donors (Lipinski definition) is 1. The molecule has 0 aliphatic heterocycles. The van der Waals surface area contributed by atoms with Crippen molar-refractivity contribution >= 4 is 0 Å². The van der Waals surface area contributed by atoms with Gasteiger partial charge in [0.25, 0.3) is 0 Å². The summed E-state index contributed by atoms with van der Waals surface area (Å²) in [4.78, 5) is 16.8. The van der Waals surface area contributed by atoms with Crippen molar-refractivity contribution in [2.75, 3.05) is 0 Å². The third-order valence-electron chi connectivity index (χ3n) is 4.52. The molecule has 0 saturated carbocycles. The van der Waals surface area contributed by atoms with Crippen LogP contribution in [0.4, 0.5) is 0 Å². The molecule has 0 bridgehead atoms. The van der Waals surface area contributed by atoms with Crippen LogP contribution in [0.25, 0.3) is 11.3 Å². The number of nitrogens with zero attached hydrogens (tertiary/aromatic N) is 4. The Morgan fingerprint density at radius 1 is 0.647 bits per heavy atom. The summed E-state index contributed by atoms with van der Waals surface area (Å²) in [5.41, 5.74) is 1.08. The molecule has 8 nitrogen and oxygen atoms in total. The summed E-state index contributed by atoms with van der Waals surface area (Å²) in [6.07, 6.45) is 5.96. The maximum absolute atomic E-state index is 9.53. The fourth-order valence-corrected chi connectivity index (χ4v) is 2.96. The molecule has 0 aliphatic carbocycles. The first-order chi connectivity index (χ1) is 16.7. The lowest BCUT2D eigenvalue weighted by atomic mass is 10.2. The van der Waals surface area contributed by atoms with E-state index < -0.39 is 0 Å². The zero-order valence-corrected chi connectivity index (χ0v) is 17.7.